The summed E-state index contributed by atoms with van der Waals surface area (Å²) in [4.78, 5) is 13.2. The molecule has 0 aliphatic carbocycles. The summed E-state index contributed by atoms with van der Waals surface area (Å²) in [6, 6.07) is 37.2. The van der Waals surface area contributed by atoms with Crippen LogP contribution >= 0.6 is 0 Å². The number of benzene rings is 3. The van der Waals surface area contributed by atoms with E-state index in [-0.39, 0.29) is 20.1 Å². The van der Waals surface area contributed by atoms with Gasteiger partial charge < -0.3 is 14.7 Å². The molecule has 7 rings (SSSR count). The molecular formula is C37H31IrN3OSi-2. The van der Waals surface area contributed by atoms with Crippen molar-refractivity contribution in [1.82, 2.24) is 15.0 Å². The van der Waals surface area contributed by atoms with Crippen molar-refractivity contribution >= 4 is 18.4 Å². The number of aromatic nitrogens is 3. The third kappa shape index (κ3) is 6.28. The van der Waals surface area contributed by atoms with Crippen LogP contribution in [-0.2, 0) is 20.1 Å². The van der Waals surface area contributed by atoms with Crippen molar-refractivity contribution in [1.29, 1.82) is 0 Å². The smallest absolute Gasteiger partial charge is 0.123 e. The second kappa shape index (κ2) is 13.0. The van der Waals surface area contributed by atoms with Crippen LogP contribution in [0.3, 0.4) is 0 Å². The number of ether oxygens (including phenoxy) is 1. The molecule has 1 aliphatic rings. The van der Waals surface area contributed by atoms with Gasteiger partial charge in [0, 0.05) is 50.6 Å². The summed E-state index contributed by atoms with van der Waals surface area (Å²) < 4.78 is 6.27. The van der Waals surface area contributed by atoms with E-state index in [4.69, 9.17) is 4.74 Å². The van der Waals surface area contributed by atoms with E-state index < -0.39 is 8.07 Å². The van der Waals surface area contributed by atoms with Crippen LogP contribution in [0.5, 0.6) is 11.5 Å². The molecule has 6 aromatic rings. The van der Waals surface area contributed by atoms with Crippen molar-refractivity contribution in [2.24, 2.45) is 0 Å². The van der Waals surface area contributed by atoms with Gasteiger partial charge in [0.05, 0.1) is 8.07 Å². The molecular weight excluding hydrogens is 723 g/mol. The minimum Gasteiger partial charge on any atom is -0.477 e. The first kappa shape index (κ1) is 30.2. The molecule has 43 heavy (non-hydrogen) atoms. The Labute approximate surface area is 268 Å². The first-order chi connectivity index (χ1) is 20.4. The number of hydrogen-bond donors (Lipinski definition) is 0. The topological polar surface area (TPSA) is 47.9 Å². The minimum atomic E-state index is -1.96. The summed E-state index contributed by atoms with van der Waals surface area (Å²) in [6.45, 7) is 8.92. The van der Waals surface area contributed by atoms with Crippen LogP contribution in [0, 0.1) is 26.0 Å². The van der Waals surface area contributed by atoms with E-state index in [1.165, 1.54) is 21.5 Å². The standard InChI is InChI=1S/C24H19N2OSi.C13H12N.Ir/c1-28(2)23-9-4-3-7-21(23)27-22-8-5-6-19(24(22)28)20-16-18(12-15-26-20)17-10-13-25-14-11-17;1-10-8-13(14-9-11(10)2)12-6-4-3-5-7-12;/h3-5,7-16H,1-2H3;3-6,8-9H,1-2H3;/q2*-1;. The van der Waals surface area contributed by atoms with Crippen molar-refractivity contribution in [2.45, 2.75) is 26.9 Å². The fraction of sp³-hybridized carbons (Fsp3) is 0.108. The number of hydrogen-bond acceptors (Lipinski definition) is 4. The Bertz CT molecular complexity index is 1860. The molecule has 4 heterocycles. The number of nitrogens with zero attached hydrogens (tertiary/aromatic N) is 3. The van der Waals surface area contributed by atoms with Gasteiger partial charge in [-0.25, -0.2) is 0 Å². The molecule has 0 unspecified atom stereocenters. The van der Waals surface area contributed by atoms with Crippen molar-refractivity contribution in [3.8, 4) is 45.1 Å². The second-order valence-electron chi connectivity index (χ2n) is 10.9. The summed E-state index contributed by atoms with van der Waals surface area (Å²) >= 11 is 0. The number of rotatable bonds is 3. The quantitative estimate of drug-likeness (QED) is 0.137. The summed E-state index contributed by atoms with van der Waals surface area (Å²) in [5, 5.41) is 2.57. The largest absolute Gasteiger partial charge is 0.477 e. The molecule has 6 heteroatoms. The number of para-hydroxylation sites is 1. The van der Waals surface area contributed by atoms with Gasteiger partial charge in [-0.1, -0.05) is 54.2 Å². The van der Waals surface area contributed by atoms with E-state index in [1.807, 2.05) is 85.5 Å². The summed E-state index contributed by atoms with van der Waals surface area (Å²) in [5.41, 5.74) is 8.76. The van der Waals surface area contributed by atoms with Crippen LogP contribution in [0.1, 0.15) is 11.1 Å². The van der Waals surface area contributed by atoms with Gasteiger partial charge in [0.15, 0.2) is 0 Å². The zero-order valence-electron chi connectivity index (χ0n) is 24.6. The molecule has 0 atom stereocenters. The molecule has 3 aromatic carbocycles. The Kier molecular flexibility index (Phi) is 9.12. The molecule has 0 bridgehead atoms. The van der Waals surface area contributed by atoms with Crippen molar-refractivity contribution in [3.05, 3.63) is 139 Å². The maximum absolute atomic E-state index is 6.27. The molecule has 0 spiro atoms. The van der Waals surface area contributed by atoms with Gasteiger partial charge in [-0.05, 0) is 71.4 Å². The van der Waals surface area contributed by atoms with Crippen LogP contribution < -0.4 is 15.1 Å². The third-order valence-corrected chi connectivity index (χ3v) is 11.3. The predicted molar refractivity (Wildman–Crippen MR) is 173 cm³/mol. The monoisotopic (exact) mass is 754 g/mol. The van der Waals surface area contributed by atoms with Crippen LogP contribution in [0.2, 0.25) is 13.1 Å². The van der Waals surface area contributed by atoms with Gasteiger partial charge in [-0.15, -0.1) is 59.7 Å². The maximum Gasteiger partial charge on any atom is 0.123 e. The molecule has 0 N–H and O–H groups in total. The molecule has 4 nitrogen and oxygen atoms in total. The summed E-state index contributed by atoms with van der Waals surface area (Å²) in [7, 11) is -1.96. The minimum absolute atomic E-state index is 0. The molecule has 0 saturated carbocycles. The number of aryl methyl sites for hydroxylation is 2. The van der Waals surface area contributed by atoms with Crippen LogP contribution in [0.15, 0.2) is 116 Å². The second-order valence-corrected chi connectivity index (χ2v) is 15.2. The summed E-state index contributed by atoms with van der Waals surface area (Å²) in [5.74, 6) is 1.91. The van der Waals surface area contributed by atoms with Gasteiger partial charge in [0.25, 0.3) is 0 Å². The van der Waals surface area contributed by atoms with E-state index in [0.29, 0.717) is 0 Å². The molecule has 215 valence electrons. The van der Waals surface area contributed by atoms with Crippen LogP contribution in [0.25, 0.3) is 33.6 Å². The Morgan fingerprint density at radius 3 is 2.21 bits per heavy atom. The average molecular weight is 754 g/mol. The summed E-state index contributed by atoms with van der Waals surface area (Å²) in [6.07, 6.45) is 7.40. The molecule has 0 saturated heterocycles. The fourth-order valence-corrected chi connectivity index (χ4v) is 8.44. The third-order valence-electron chi connectivity index (χ3n) is 7.75. The molecule has 0 fully saturated rings. The maximum atomic E-state index is 6.27. The normalized spacial score (nSPS) is 12.4. The van der Waals surface area contributed by atoms with Gasteiger partial charge >= 0.3 is 0 Å². The average Bonchev–Trinajstić information content (AvgIpc) is 3.03. The van der Waals surface area contributed by atoms with Crippen molar-refractivity contribution < 1.29 is 24.8 Å². The molecule has 3 aromatic heterocycles. The van der Waals surface area contributed by atoms with Crippen LogP contribution in [0.4, 0.5) is 0 Å². The Hall–Kier alpha value is -4.22. The molecule has 1 aliphatic heterocycles. The van der Waals surface area contributed by atoms with E-state index in [1.54, 1.807) is 0 Å². The zero-order valence-corrected chi connectivity index (χ0v) is 27.9. The van der Waals surface area contributed by atoms with Gasteiger partial charge in [-0.3, -0.25) is 4.98 Å². The Balaban J connectivity index is 0.000000208. The first-order valence-corrected chi connectivity index (χ1v) is 17.0. The van der Waals surface area contributed by atoms with E-state index >= 15 is 0 Å². The molecule has 1 radical (unpaired) electrons. The van der Waals surface area contributed by atoms with Crippen molar-refractivity contribution in [2.75, 3.05) is 0 Å². The SMILES string of the molecule is C[Si]1(C)c2ccccc2Oc2cc[c-]c(-c3cc(-c4ccncc4)ccn3)c21.Cc1cnc(-c2[c-]cccc2)cc1C.[Ir]. The van der Waals surface area contributed by atoms with E-state index in [9.17, 15) is 0 Å². The van der Waals surface area contributed by atoms with Gasteiger partial charge in [-0.2, -0.15) is 0 Å². The Morgan fingerprint density at radius 1 is 0.674 bits per heavy atom. The number of pyridine rings is 3. The predicted octanol–water partition coefficient (Wildman–Crippen LogP) is 7.70. The molecule has 0 amide bonds. The van der Waals surface area contributed by atoms with Crippen LogP contribution in [-0.4, -0.2) is 23.0 Å². The van der Waals surface area contributed by atoms with E-state index in [2.05, 4.69) is 84.4 Å². The first-order valence-electron chi connectivity index (χ1n) is 14.0. The van der Waals surface area contributed by atoms with Crippen molar-refractivity contribution in [3.63, 3.8) is 0 Å². The fourth-order valence-electron chi connectivity index (χ4n) is 5.33. The van der Waals surface area contributed by atoms with E-state index in [0.717, 1.165) is 45.1 Å². The van der Waals surface area contributed by atoms with Gasteiger partial charge in [0.1, 0.15) is 5.75 Å². The Morgan fingerprint density at radius 2 is 1.44 bits per heavy atom. The zero-order chi connectivity index (χ0) is 29.1. The van der Waals surface area contributed by atoms with Gasteiger partial charge in [0.2, 0.25) is 0 Å². The number of fused-ring (bicyclic) bond motifs is 2.